The number of nitrogens with two attached hydrogens (primary N) is 1. The van der Waals surface area contributed by atoms with Crippen molar-refractivity contribution in [3.05, 3.63) is 34.1 Å². The smallest absolute Gasteiger partial charge is 0.223 e. The van der Waals surface area contributed by atoms with Crippen molar-refractivity contribution in [2.24, 2.45) is 5.73 Å². The van der Waals surface area contributed by atoms with E-state index in [1.165, 1.54) is 12.1 Å². The summed E-state index contributed by atoms with van der Waals surface area (Å²) in [7, 11) is 0. The molecular formula is C14H18BrFN2O. The minimum Gasteiger partial charge on any atom is -0.334 e. The number of nitrogens with zero attached hydrogens (tertiary/aromatic N) is 1. The van der Waals surface area contributed by atoms with Crippen LogP contribution in [0.2, 0.25) is 0 Å². The van der Waals surface area contributed by atoms with E-state index in [1.54, 1.807) is 11.0 Å². The number of rotatable bonds is 2. The van der Waals surface area contributed by atoms with E-state index in [9.17, 15) is 9.18 Å². The van der Waals surface area contributed by atoms with Gasteiger partial charge in [0.1, 0.15) is 5.82 Å². The molecule has 1 aliphatic heterocycles. The zero-order chi connectivity index (χ0) is 14.0. The second-order valence-corrected chi connectivity index (χ2v) is 5.70. The molecule has 1 aromatic rings. The number of benzene rings is 1. The molecule has 5 heteroatoms. The number of hydrogen-bond acceptors (Lipinski definition) is 2. The van der Waals surface area contributed by atoms with Crippen molar-refractivity contribution in [2.75, 3.05) is 6.54 Å². The maximum absolute atomic E-state index is 13.2. The third-order valence-corrected chi connectivity index (χ3v) is 4.30. The number of halogens is 2. The van der Waals surface area contributed by atoms with Crippen molar-refractivity contribution in [2.45, 2.75) is 38.3 Å². The van der Waals surface area contributed by atoms with E-state index in [4.69, 9.17) is 5.73 Å². The molecule has 2 N–H and O–H groups in total. The summed E-state index contributed by atoms with van der Waals surface area (Å²) in [6.07, 6.45) is 2.15. The number of carbonyl (C=O) groups is 1. The Balaban J connectivity index is 2.44. The minimum atomic E-state index is -0.299. The summed E-state index contributed by atoms with van der Waals surface area (Å²) in [5.41, 5.74) is 7.12. The Morgan fingerprint density at radius 1 is 1.53 bits per heavy atom. The third-order valence-electron chi connectivity index (χ3n) is 3.61. The van der Waals surface area contributed by atoms with Crippen LogP contribution in [-0.2, 0) is 4.79 Å². The van der Waals surface area contributed by atoms with E-state index in [-0.39, 0.29) is 23.8 Å². The van der Waals surface area contributed by atoms with Crippen molar-refractivity contribution in [3.63, 3.8) is 0 Å². The molecule has 1 heterocycles. The lowest BCUT2D eigenvalue weighted by atomic mass is 9.96. The monoisotopic (exact) mass is 328 g/mol. The zero-order valence-electron chi connectivity index (χ0n) is 10.9. The number of likely N-dealkylation sites (N-methyl/N-ethyl adjacent to an activating group) is 1. The summed E-state index contributed by atoms with van der Waals surface area (Å²) in [5.74, 6) is -0.177. The first-order valence-electron chi connectivity index (χ1n) is 6.54. The van der Waals surface area contributed by atoms with E-state index in [2.05, 4.69) is 15.9 Å². The SMILES string of the molecule is CCN1C(=O)CCCC(N)C1c1ccc(F)cc1Br. The molecule has 104 valence electrons. The van der Waals surface area contributed by atoms with E-state index >= 15 is 0 Å². The molecule has 0 spiro atoms. The molecule has 2 rings (SSSR count). The van der Waals surface area contributed by atoms with Gasteiger partial charge in [0.2, 0.25) is 5.91 Å². The Morgan fingerprint density at radius 3 is 2.89 bits per heavy atom. The zero-order valence-corrected chi connectivity index (χ0v) is 12.5. The van der Waals surface area contributed by atoms with Crippen LogP contribution in [0.5, 0.6) is 0 Å². The molecule has 0 saturated carbocycles. The molecule has 0 radical (unpaired) electrons. The van der Waals surface area contributed by atoms with Crippen LogP contribution in [-0.4, -0.2) is 23.4 Å². The molecule has 0 aromatic heterocycles. The molecule has 1 fully saturated rings. The lowest BCUT2D eigenvalue weighted by Crippen LogP contribution is -2.42. The number of amides is 1. The lowest BCUT2D eigenvalue weighted by Gasteiger charge is -2.33. The van der Waals surface area contributed by atoms with E-state index in [0.717, 1.165) is 18.4 Å². The van der Waals surface area contributed by atoms with Crippen molar-refractivity contribution in [3.8, 4) is 0 Å². The van der Waals surface area contributed by atoms with Gasteiger partial charge in [-0.15, -0.1) is 0 Å². The van der Waals surface area contributed by atoms with Crippen LogP contribution in [0.15, 0.2) is 22.7 Å². The molecule has 0 bridgehead atoms. The Morgan fingerprint density at radius 2 is 2.26 bits per heavy atom. The molecule has 1 saturated heterocycles. The average molecular weight is 329 g/mol. The van der Waals surface area contributed by atoms with Crippen LogP contribution in [0.4, 0.5) is 4.39 Å². The summed E-state index contributed by atoms with van der Waals surface area (Å²) in [4.78, 5) is 13.9. The highest BCUT2D eigenvalue weighted by Gasteiger charge is 2.32. The van der Waals surface area contributed by atoms with E-state index in [0.29, 0.717) is 17.4 Å². The number of likely N-dealkylation sites (tertiary alicyclic amines) is 1. The van der Waals surface area contributed by atoms with Crippen molar-refractivity contribution in [1.82, 2.24) is 4.90 Å². The highest BCUT2D eigenvalue weighted by Crippen LogP contribution is 2.34. The van der Waals surface area contributed by atoms with Crippen molar-refractivity contribution in [1.29, 1.82) is 0 Å². The third kappa shape index (κ3) is 2.98. The summed E-state index contributed by atoms with van der Waals surface area (Å²) < 4.78 is 13.9. The van der Waals surface area contributed by atoms with Gasteiger partial charge in [-0.05, 0) is 37.5 Å². The molecule has 19 heavy (non-hydrogen) atoms. The largest absolute Gasteiger partial charge is 0.334 e. The highest BCUT2D eigenvalue weighted by molar-refractivity contribution is 9.10. The Labute approximate surface area is 121 Å². The molecule has 3 nitrogen and oxygen atoms in total. The normalized spacial score (nSPS) is 24.4. The van der Waals surface area contributed by atoms with Gasteiger partial charge in [-0.25, -0.2) is 4.39 Å². The second-order valence-electron chi connectivity index (χ2n) is 4.85. The van der Waals surface area contributed by atoms with Crippen LogP contribution in [0.1, 0.15) is 37.8 Å². The number of hydrogen-bond donors (Lipinski definition) is 1. The van der Waals surface area contributed by atoms with Crippen LogP contribution < -0.4 is 5.73 Å². The lowest BCUT2D eigenvalue weighted by molar-refractivity contribution is -0.133. The van der Waals surface area contributed by atoms with E-state index < -0.39 is 0 Å². The quantitative estimate of drug-likeness (QED) is 0.907. The molecule has 0 aliphatic carbocycles. The summed E-state index contributed by atoms with van der Waals surface area (Å²) >= 11 is 3.38. The standard InChI is InChI=1S/C14H18BrFN2O/c1-2-18-13(19)5-3-4-12(17)14(18)10-7-6-9(16)8-11(10)15/h6-8,12,14H,2-5,17H2,1H3. The highest BCUT2D eigenvalue weighted by atomic mass is 79.9. The molecule has 1 amide bonds. The maximum atomic E-state index is 13.2. The fourth-order valence-corrected chi connectivity index (χ4v) is 3.28. The Hall–Kier alpha value is -0.940. The van der Waals surface area contributed by atoms with Crippen LogP contribution in [0, 0.1) is 5.82 Å². The first-order chi connectivity index (χ1) is 9.04. The summed E-state index contributed by atoms with van der Waals surface area (Å²) in [6, 6.07) is 4.25. The minimum absolute atomic E-state index is 0.117. The predicted molar refractivity (Wildman–Crippen MR) is 76.1 cm³/mol. The van der Waals surface area contributed by atoms with Gasteiger partial charge in [-0.1, -0.05) is 22.0 Å². The number of carbonyl (C=O) groups excluding carboxylic acids is 1. The fraction of sp³-hybridized carbons (Fsp3) is 0.500. The van der Waals surface area contributed by atoms with Gasteiger partial charge in [0.25, 0.3) is 0 Å². The second kappa shape index (κ2) is 6.01. The van der Waals surface area contributed by atoms with Crippen LogP contribution in [0.25, 0.3) is 0 Å². The maximum Gasteiger partial charge on any atom is 0.223 e. The van der Waals surface area contributed by atoms with Crippen molar-refractivity contribution >= 4 is 21.8 Å². The van der Waals surface area contributed by atoms with Gasteiger partial charge in [-0.3, -0.25) is 4.79 Å². The van der Waals surface area contributed by atoms with Crippen LogP contribution in [0.3, 0.4) is 0 Å². The van der Waals surface area contributed by atoms with E-state index in [1.807, 2.05) is 6.92 Å². The summed E-state index contributed by atoms with van der Waals surface area (Å²) in [5, 5.41) is 0. The van der Waals surface area contributed by atoms with Crippen LogP contribution >= 0.6 is 15.9 Å². The van der Waals surface area contributed by atoms with Crippen molar-refractivity contribution < 1.29 is 9.18 Å². The molecule has 2 unspecified atom stereocenters. The first kappa shape index (κ1) is 14.5. The van der Waals surface area contributed by atoms with Gasteiger partial charge < -0.3 is 10.6 Å². The average Bonchev–Trinajstić information content (AvgIpc) is 2.49. The summed E-state index contributed by atoms with van der Waals surface area (Å²) in [6.45, 7) is 2.56. The first-order valence-corrected chi connectivity index (χ1v) is 7.34. The molecule has 1 aromatic carbocycles. The molecule has 1 aliphatic rings. The van der Waals surface area contributed by atoms with Gasteiger partial charge >= 0.3 is 0 Å². The van der Waals surface area contributed by atoms with Gasteiger partial charge in [-0.2, -0.15) is 0 Å². The topological polar surface area (TPSA) is 46.3 Å². The van der Waals surface area contributed by atoms with Gasteiger partial charge in [0.05, 0.1) is 6.04 Å². The predicted octanol–water partition coefficient (Wildman–Crippen LogP) is 2.99. The molecule has 2 atom stereocenters. The van der Waals surface area contributed by atoms with Gasteiger partial charge in [0.15, 0.2) is 0 Å². The Bertz CT molecular complexity index is 481. The molecular weight excluding hydrogens is 311 g/mol. The fourth-order valence-electron chi connectivity index (χ4n) is 2.69. The Kier molecular flexibility index (Phi) is 4.58. The van der Waals surface area contributed by atoms with Gasteiger partial charge in [0, 0.05) is 23.5 Å².